The van der Waals surface area contributed by atoms with E-state index < -0.39 is 0 Å². The Morgan fingerprint density at radius 1 is 1.38 bits per heavy atom. The second-order valence-corrected chi connectivity index (χ2v) is 6.16. The van der Waals surface area contributed by atoms with Crippen LogP contribution in [0.1, 0.15) is 42.9 Å². The van der Waals surface area contributed by atoms with Crippen LogP contribution in [0.2, 0.25) is 0 Å². The first kappa shape index (κ1) is 14.5. The van der Waals surface area contributed by atoms with E-state index in [1.807, 2.05) is 4.90 Å². The quantitative estimate of drug-likeness (QED) is 0.927. The summed E-state index contributed by atoms with van der Waals surface area (Å²) in [6.45, 7) is 3.44. The summed E-state index contributed by atoms with van der Waals surface area (Å²) in [4.78, 5) is 14.8. The molecule has 3 rings (SSSR count). The van der Waals surface area contributed by atoms with E-state index in [2.05, 4.69) is 31.2 Å². The Morgan fingerprint density at radius 3 is 2.95 bits per heavy atom. The lowest BCUT2D eigenvalue weighted by Gasteiger charge is -2.28. The van der Waals surface area contributed by atoms with Gasteiger partial charge in [0.25, 0.3) is 5.91 Å². The lowest BCUT2D eigenvalue weighted by atomic mass is 10.0. The van der Waals surface area contributed by atoms with Crippen molar-refractivity contribution >= 4 is 5.91 Å². The van der Waals surface area contributed by atoms with Gasteiger partial charge in [0.15, 0.2) is 0 Å². The van der Waals surface area contributed by atoms with Gasteiger partial charge in [-0.3, -0.25) is 4.79 Å². The number of aryl methyl sites for hydroxylation is 1. The number of rotatable bonds is 3. The zero-order chi connectivity index (χ0) is 14.8. The highest BCUT2D eigenvalue weighted by molar-refractivity contribution is 5.82. The first-order chi connectivity index (χ1) is 10.2. The third kappa shape index (κ3) is 2.97. The number of hydrogen-bond acceptors (Lipinski definition) is 3. The number of hydrogen-bond donors (Lipinski definition) is 1. The van der Waals surface area contributed by atoms with Crippen LogP contribution in [0.3, 0.4) is 0 Å². The predicted molar refractivity (Wildman–Crippen MR) is 81.8 cm³/mol. The standard InChI is InChI=1S/C17H24N2O2/c1-12-4-2-5-13(10-12)15-6-3-9-19(15)17(20)16-8-7-14(11-18)21-16/h2,4-5,10,14-16H,3,6-9,11,18H2,1H3/t14-,15?,16+/m1/s1. The van der Waals surface area contributed by atoms with Crippen molar-refractivity contribution in [3.8, 4) is 0 Å². The molecule has 1 unspecified atom stereocenters. The van der Waals surface area contributed by atoms with Crippen LogP contribution in [0.4, 0.5) is 0 Å². The van der Waals surface area contributed by atoms with E-state index in [9.17, 15) is 4.79 Å². The molecule has 2 N–H and O–H groups in total. The van der Waals surface area contributed by atoms with E-state index in [0.29, 0.717) is 6.54 Å². The van der Waals surface area contributed by atoms with Gasteiger partial charge in [0.05, 0.1) is 12.1 Å². The average Bonchev–Trinajstić information content (AvgIpc) is 3.15. The molecule has 3 atom stereocenters. The molecule has 0 saturated carbocycles. The predicted octanol–water partition coefficient (Wildman–Crippen LogP) is 2.16. The minimum absolute atomic E-state index is 0.0546. The Labute approximate surface area is 126 Å². The molecule has 4 heteroatoms. The van der Waals surface area contributed by atoms with Crippen molar-refractivity contribution in [1.82, 2.24) is 4.90 Å². The van der Waals surface area contributed by atoms with Crippen molar-refractivity contribution in [2.75, 3.05) is 13.1 Å². The van der Waals surface area contributed by atoms with Crippen molar-refractivity contribution in [2.45, 2.75) is 50.9 Å². The molecule has 4 nitrogen and oxygen atoms in total. The topological polar surface area (TPSA) is 55.6 Å². The summed E-state index contributed by atoms with van der Waals surface area (Å²) >= 11 is 0. The SMILES string of the molecule is Cc1cccc(C2CCCN2C(=O)[C@@H]2CC[C@H](CN)O2)c1. The molecule has 0 aliphatic carbocycles. The molecule has 0 aromatic heterocycles. The maximum Gasteiger partial charge on any atom is 0.252 e. The summed E-state index contributed by atoms with van der Waals surface area (Å²) in [5, 5.41) is 0. The van der Waals surface area contributed by atoms with Crippen molar-refractivity contribution in [3.05, 3.63) is 35.4 Å². The van der Waals surface area contributed by atoms with Crippen LogP contribution in [-0.4, -0.2) is 36.1 Å². The molecule has 1 aromatic carbocycles. The molecule has 2 saturated heterocycles. The Balaban J connectivity index is 1.73. The summed E-state index contributed by atoms with van der Waals surface area (Å²) in [6.07, 6.45) is 3.58. The zero-order valence-electron chi connectivity index (χ0n) is 12.6. The van der Waals surface area contributed by atoms with E-state index in [0.717, 1.165) is 32.2 Å². The number of ether oxygens (including phenoxy) is 1. The van der Waals surface area contributed by atoms with Gasteiger partial charge in [-0.15, -0.1) is 0 Å². The van der Waals surface area contributed by atoms with Crippen LogP contribution in [-0.2, 0) is 9.53 Å². The van der Waals surface area contributed by atoms with Crippen LogP contribution in [0.15, 0.2) is 24.3 Å². The molecule has 0 bridgehead atoms. The van der Waals surface area contributed by atoms with Crippen LogP contribution in [0.5, 0.6) is 0 Å². The van der Waals surface area contributed by atoms with Gasteiger partial charge in [-0.25, -0.2) is 0 Å². The number of likely N-dealkylation sites (tertiary alicyclic amines) is 1. The number of amides is 1. The van der Waals surface area contributed by atoms with Crippen molar-refractivity contribution < 1.29 is 9.53 Å². The fraction of sp³-hybridized carbons (Fsp3) is 0.588. The van der Waals surface area contributed by atoms with Gasteiger partial charge in [-0.2, -0.15) is 0 Å². The van der Waals surface area contributed by atoms with E-state index in [4.69, 9.17) is 10.5 Å². The summed E-state index contributed by atoms with van der Waals surface area (Å²) in [7, 11) is 0. The number of nitrogens with zero attached hydrogens (tertiary/aromatic N) is 1. The van der Waals surface area contributed by atoms with E-state index in [-0.39, 0.29) is 24.2 Å². The van der Waals surface area contributed by atoms with Gasteiger partial charge in [0.2, 0.25) is 0 Å². The van der Waals surface area contributed by atoms with E-state index in [1.54, 1.807) is 0 Å². The van der Waals surface area contributed by atoms with Gasteiger partial charge < -0.3 is 15.4 Å². The van der Waals surface area contributed by atoms with Gasteiger partial charge in [0.1, 0.15) is 6.10 Å². The molecule has 2 aliphatic heterocycles. The van der Waals surface area contributed by atoms with Crippen LogP contribution in [0, 0.1) is 6.92 Å². The first-order valence-corrected chi connectivity index (χ1v) is 7.91. The Bertz CT molecular complexity index is 517. The minimum Gasteiger partial charge on any atom is -0.364 e. The van der Waals surface area contributed by atoms with Crippen LogP contribution >= 0.6 is 0 Å². The summed E-state index contributed by atoms with van der Waals surface area (Å²) < 4.78 is 5.78. The summed E-state index contributed by atoms with van der Waals surface area (Å²) in [5.74, 6) is 0.148. The molecule has 21 heavy (non-hydrogen) atoms. The minimum atomic E-state index is -0.288. The Hall–Kier alpha value is -1.39. The van der Waals surface area contributed by atoms with Gasteiger partial charge in [-0.05, 0) is 38.2 Å². The van der Waals surface area contributed by atoms with Gasteiger partial charge in [0, 0.05) is 13.1 Å². The van der Waals surface area contributed by atoms with Crippen LogP contribution in [0.25, 0.3) is 0 Å². The molecule has 0 radical (unpaired) electrons. The molecule has 0 spiro atoms. The largest absolute Gasteiger partial charge is 0.364 e. The monoisotopic (exact) mass is 288 g/mol. The molecule has 114 valence electrons. The number of nitrogens with two attached hydrogens (primary N) is 1. The Morgan fingerprint density at radius 2 is 2.24 bits per heavy atom. The second kappa shape index (κ2) is 6.16. The van der Waals surface area contributed by atoms with E-state index in [1.165, 1.54) is 11.1 Å². The molecule has 2 aliphatic rings. The zero-order valence-corrected chi connectivity index (χ0v) is 12.6. The smallest absolute Gasteiger partial charge is 0.252 e. The molecular formula is C17H24N2O2. The highest BCUT2D eigenvalue weighted by atomic mass is 16.5. The van der Waals surface area contributed by atoms with Gasteiger partial charge in [-0.1, -0.05) is 29.8 Å². The number of benzene rings is 1. The maximum atomic E-state index is 12.7. The second-order valence-electron chi connectivity index (χ2n) is 6.16. The fourth-order valence-electron chi connectivity index (χ4n) is 3.50. The molecule has 1 aromatic rings. The third-order valence-corrected chi connectivity index (χ3v) is 4.61. The average molecular weight is 288 g/mol. The normalized spacial score (nSPS) is 29.0. The number of carbonyl (C=O) groups is 1. The summed E-state index contributed by atoms with van der Waals surface area (Å²) in [5.41, 5.74) is 8.12. The lowest BCUT2D eigenvalue weighted by Crippen LogP contribution is -2.39. The summed E-state index contributed by atoms with van der Waals surface area (Å²) in [6, 6.07) is 8.69. The Kier molecular flexibility index (Phi) is 4.27. The number of carbonyl (C=O) groups excluding carboxylic acids is 1. The molecule has 1 amide bonds. The molecule has 2 heterocycles. The maximum absolute atomic E-state index is 12.7. The molecule has 2 fully saturated rings. The molecular weight excluding hydrogens is 264 g/mol. The van der Waals surface area contributed by atoms with Gasteiger partial charge >= 0.3 is 0 Å². The van der Waals surface area contributed by atoms with Crippen molar-refractivity contribution in [1.29, 1.82) is 0 Å². The fourth-order valence-corrected chi connectivity index (χ4v) is 3.50. The lowest BCUT2D eigenvalue weighted by molar-refractivity contribution is -0.143. The first-order valence-electron chi connectivity index (χ1n) is 7.91. The van der Waals surface area contributed by atoms with Crippen LogP contribution < -0.4 is 5.73 Å². The van der Waals surface area contributed by atoms with Crippen molar-refractivity contribution in [3.63, 3.8) is 0 Å². The third-order valence-electron chi connectivity index (χ3n) is 4.61. The highest BCUT2D eigenvalue weighted by Crippen LogP contribution is 2.34. The highest BCUT2D eigenvalue weighted by Gasteiger charge is 2.37. The van der Waals surface area contributed by atoms with E-state index >= 15 is 0 Å². The van der Waals surface area contributed by atoms with Crippen molar-refractivity contribution in [2.24, 2.45) is 5.73 Å².